The Morgan fingerprint density at radius 3 is 0.455 bits per heavy atom. The lowest BCUT2D eigenvalue weighted by Gasteiger charge is -2.50. The van der Waals surface area contributed by atoms with Crippen molar-refractivity contribution in [2.24, 2.45) is 0 Å². The molecule has 0 aromatic rings. The Morgan fingerprint density at radius 2 is 0.325 bits per heavy atom. The highest BCUT2D eigenvalue weighted by molar-refractivity contribution is 5.01. The fourth-order valence-electron chi connectivity index (χ4n) is 10.5. The highest BCUT2D eigenvalue weighted by atomic mass is 16.8. The van der Waals surface area contributed by atoms with Gasteiger partial charge in [-0.05, 0) is 0 Å². The van der Waals surface area contributed by atoms with E-state index in [0.717, 1.165) is 0 Å². The number of hydrogen-bond acceptors (Lipinski definition) is 34. The highest BCUT2D eigenvalue weighted by Gasteiger charge is 2.59. The van der Waals surface area contributed by atoms with Crippen molar-refractivity contribution in [2.45, 2.75) is 215 Å². The van der Waals surface area contributed by atoms with Gasteiger partial charge in [-0.15, -0.1) is 0 Å². The summed E-state index contributed by atoms with van der Waals surface area (Å²) in [6.45, 7) is -6.46. The lowest BCUT2D eigenvalue weighted by Crippen LogP contribution is -2.70. The van der Waals surface area contributed by atoms with E-state index in [-0.39, 0.29) is 6.54 Å². The zero-order valence-corrected chi connectivity index (χ0v) is 40.5. The van der Waals surface area contributed by atoms with E-state index >= 15 is 0 Å². The lowest BCUT2D eigenvalue weighted by molar-refractivity contribution is -0.433. The van der Waals surface area contributed by atoms with Crippen molar-refractivity contribution in [3.05, 3.63) is 0 Å². The molecular weight excluding hydrogens is 1060 g/mol. The van der Waals surface area contributed by atoms with Crippen LogP contribution in [0.1, 0.15) is 0 Å². The van der Waals surface area contributed by atoms with Gasteiger partial charge in [-0.3, -0.25) is 0 Å². The van der Waals surface area contributed by atoms with E-state index < -0.39 is 255 Å². The fraction of sp³-hybridized carbons (Fsp3) is 1.00. The maximum absolute atomic E-state index is 11.4. The number of aliphatic hydroxyl groups excluding tert-OH is 20. The molecule has 23 N–H and O–H groups in total. The molecule has 0 amide bonds. The van der Waals surface area contributed by atoms with Crippen LogP contribution in [0, 0.1) is 0 Å². The summed E-state index contributed by atoms with van der Waals surface area (Å²) in [4.78, 5) is 0. The van der Waals surface area contributed by atoms with Crippen LogP contribution < -0.4 is 5.73 Å². The Kier molecular flexibility index (Phi) is 20.8. The van der Waals surface area contributed by atoms with Gasteiger partial charge in [0, 0.05) is 0 Å². The van der Waals surface area contributed by atoms with Crippen LogP contribution in [0.4, 0.5) is 0 Å². The van der Waals surface area contributed by atoms with Gasteiger partial charge < -0.3 is 174 Å². The van der Waals surface area contributed by atoms with Gasteiger partial charge in [-0.25, -0.2) is 0 Å². The van der Waals surface area contributed by atoms with E-state index in [0.29, 0.717) is 0 Å². The van der Waals surface area contributed by atoms with Crippen molar-refractivity contribution in [1.29, 1.82) is 0 Å². The molecule has 21 aliphatic rings. The quantitative estimate of drug-likeness (QED) is 0.113. The minimum atomic E-state index is -2.20. The summed E-state index contributed by atoms with van der Waals surface area (Å²) in [6, 6.07) is 0. The van der Waals surface area contributed by atoms with E-state index in [9.17, 15) is 102 Å². The highest BCUT2D eigenvalue weighted by Crippen LogP contribution is 2.39. The summed E-state index contributed by atoms with van der Waals surface area (Å²) in [5, 5.41) is 220. The molecule has 21 fully saturated rings. The van der Waals surface area contributed by atoms with Crippen LogP contribution in [-0.2, 0) is 66.3 Å². The normalized spacial score (nSPS) is 55.4. The molecule has 35 heteroatoms. The SMILES string of the molecule is [NH3+]C[C@H]1O[C@@H]2O[C@H]3[C@H](O)[C@@H](O)[C@@H](O[C@H]4[C@H](O)[C@@H](O)[C@@H](O[C@H]5[C@H](O)[C@@H](O)[C@@H](O[C@H]6[C@H](O)[C@@H](O)[C@@H](O[C@H]7[C@H](O)[C@@H](O)[C@@H](O[C@H]8[C@H](O)[C@@H](O)[C@@H](O[C@H]1[C@H](O)[C@H]2O)O[C@@H]8CO)O[C@@H]7CO)O[C@@H]6CO)O[C@@H]5CO)O[C@@H]4CO)O[C@@H]3CO. The van der Waals surface area contributed by atoms with Gasteiger partial charge in [-0.2, -0.15) is 0 Å². The van der Waals surface area contributed by atoms with Crippen LogP contribution >= 0.6 is 0 Å². The first-order valence-electron chi connectivity index (χ1n) is 24.8. The predicted octanol–water partition coefficient (Wildman–Crippen LogP) is -16.0. The molecule has 0 aromatic carbocycles. The van der Waals surface area contributed by atoms with E-state index in [2.05, 4.69) is 5.73 Å². The van der Waals surface area contributed by atoms with Crippen molar-refractivity contribution in [3.8, 4) is 0 Å². The minimum Gasteiger partial charge on any atom is -0.394 e. The largest absolute Gasteiger partial charge is 0.394 e. The van der Waals surface area contributed by atoms with Crippen molar-refractivity contribution in [1.82, 2.24) is 0 Å². The summed E-state index contributed by atoms with van der Waals surface area (Å²) >= 11 is 0. The lowest BCUT2D eigenvalue weighted by atomic mass is 9.95. The Hall–Kier alpha value is -1.40. The zero-order valence-electron chi connectivity index (χ0n) is 40.5. The number of aliphatic hydroxyl groups is 20. The summed E-state index contributed by atoms with van der Waals surface area (Å²) in [5.74, 6) is 0. The monoisotopic (exact) mass is 1130 g/mol. The van der Waals surface area contributed by atoms with E-state index in [4.69, 9.17) is 66.3 Å². The maximum atomic E-state index is 11.4. The number of ether oxygens (including phenoxy) is 14. The maximum Gasteiger partial charge on any atom is 0.187 e. The van der Waals surface area contributed by atoms with Crippen molar-refractivity contribution >= 4 is 0 Å². The summed E-state index contributed by atoms with van der Waals surface area (Å²) < 4.78 is 80.1. The number of rotatable bonds is 7. The van der Waals surface area contributed by atoms with E-state index in [1.54, 1.807) is 0 Å². The van der Waals surface area contributed by atoms with Crippen LogP contribution in [0.3, 0.4) is 0 Å². The molecule has 0 aliphatic carbocycles. The van der Waals surface area contributed by atoms with Gasteiger partial charge >= 0.3 is 0 Å². The first-order valence-corrected chi connectivity index (χ1v) is 24.8. The first-order chi connectivity index (χ1) is 36.7. The van der Waals surface area contributed by atoms with Gasteiger partial charge in [0.1, 0.15) is 177 Å². The van der Waals surface area contributed by atoms with Crippen LogP contribution in [0.15, 0.2) is 0 Å². The Labute approximate surface area is 434 Å². The molecule has 0 saturated carbocycles. The standard InChI is InChI=1S/C42H71NO34/c43-1-8-29-15(50)22(57)36(64-8)72-30-9(2-44)66-38(24(59)17(30)52)74-32-11(4-46)68-40(26(61)19(32)54)76-34-13(6-48)70-42(28(63)21(34)56)77-35-14(7-49)69-41(27(62)20(35)55)75-33-12(5-47)67-39(25(60)18(33)53)73-31-10(3-45)65-37(71-29)23(58)16(31)51/h8-42,44-63H,1-7,43H2/p+1/t8-,9-,10-,11-,12-,13-,14-,15-,16-,17-,18-,19-,20-,21-,22-,23-,24-,25-,26-,27-,28-,29-,30-,31-,32-,33-,34-,35-,36-,37-,38-,39-,40-,41-,42-/m1/s1. The molecule has 0 aromatic heterocycles. The predicted molar refractivity (Wildman–Crippen MR) is 229 cm³/mol. The zero-order chi connectivity index (χ0) is 56.1. The number of quaternary nitrogens is 1. The van der Waals surface area contributed by atoms with Crippen LogP contribution in [0.5, 0.6) is 0 Å². The second-order valence-electron chi connectivity index (χ2n) is 19.8. The van der Waals surface area contributed by atoms with Gasteiger partial charge in [0.25, 0.3) is 0 Å². The third kappa shape index (κ3) is 12.1. The second kappa shape index (κ2) is 26.0. The third-order valence-corrected chi connectivity index (χ3v) is 14.9. The van der Waals surface area contributed by atoms with Crippen LogP contribution in [0.25, 0.3) is 0 Å². The minimum absolute atomic E-state index is 0.297. The molecule has 21 heterocycles. The molecular formula is C42H72NO34+. The fourth-order valence-corrected chi connectivity index (χ4v) is 10.5. The first kappa shape index (κ1) is 61.7. The Morgan fingerprint density at radius 1 is 0.195 bits per heavy atom. The topological polar surface area (TPSA) is 561 Å². The van der Waals surface area contributed by atoms with Crippen molar-refractivity contribution < 1.29 is 174 Å². The molecule has 0 spiro atoms. The molecule has 35 nitrogen and oxygen atoms in total. The van der Waals surface area contributed by atoms with Gasteiger partial charge in [0.05, 0.1) is 39.6 Å². The summed E-state index contributed by atoms with van der Waals surface area (Å²) in [6.07, 6.45) is -68.6. The Bertz CT molecular complexity index is 1470. The van der Waals surface area contributed by atoms with Gasteiger partial charge in [0.15, 0.2) is 44.0 Å². The molecule has 77 heavy (non-hydrogen) atoms. The average Bonchev–Trinajstić information content (AvgIpc) is 3.45. The molecule has 448 valence electrons. The summed E-state index contributed by atoms with van der Waals surface area (Å²) in [7, 11) is 0. The smallest absolute Gasteiger partial charge is 0.187 e. The molecule has 0 unspecified atom stereocenters. The molecule has 0 radical (unpaired) electrons. The molecule has 21 saturated heterocycles. The van der Waals surface area contributed by atoms with Crippen LogP contribution in [0.2, 0.25) is 0 Å². The summed E-state index contributed by atoms with van der Waals surface area (Å²) in [5.41, 5.74) is 3.74. The van der Waals surface area contributed by atoms with Crippen molar-refractivity contribution in [3.63, 3.8) is 0 Å². The van der Waals surface area contributed by atoms with E-state index in [1.165, 1.54) is 0 Å². The van der Waals surface area contributed by atoms with Crippen molar-refractivity contribution in [2.75, 3.05) is 46.2 Å². The number of hydrogen-bond donors (Lipinski definition) is 21. The second-order valence-corrected chi connectivity index (χ2v) is 19.8. The van der Waals surface area contributed by atoms with E-state index in [1.807, 2.05) is 0 Å². The molecule has 21 rings (SSSR count). The average molecular weight is 1140 g/mol. The molecule has 21 aliphatic heterocycles. The van der Waals surface area contributed by atoms with Gasteiger partial charge in [0.2, 0.25) is 0 Å². The van der Waals surface area contributed by atoms with Gasteiger partial charge in [-0.1, -0.05) is 0 Å². The Balaban J connectivity index is 1.08. The molecule has 14 bridgehead atoms. The van der Waals surface area contributed by atoms with Crippen LogP contribution in [-0.4, -0.2) is 363 Å². The third-order valence-electron chi connectivity index (χ3n) is 14.9. The molecule has 35 atom stereocenters.